The monoisotopic (exact) mass is 231 g/mol. The molecule has 0 fully saturated rings. The van der Waals surface area contributed by atoms with Crippen molar-refractivity contribution >= 4 is 11.6 Å². The maximum absolute atomic E-state index is 5.67. The zero-order valence-corrected chi connectivity index (χ0v) is 9.42. The minimum atomic E-state index is 0.316. The molecule has 6 heteroatoms. The van der Waals surface area contributed by atoms with E-state index < -0.39 is 0 Å². The fraction of sp³-hybridized carbons (Fsp3) is 0.182. The molecule has 0 saturated carbocycles. The summed E-state index contributed by atoms with van der Waals surface area (Å²) in [5, 5.41) is 3.13. The van der Waals surface area contributed by atoms with E-state index in [1.54, 1.807) is 12.4 Å². The van der Waals surface area contributed by atoms with Crippen molar-refractivity contribution in [2.45, 2.75) is 6.54 Å². The van der Waals surface area contributed by atoms with E-state index in [-0.39, 0.29) is 0 Å². The van der Waals surface area contributed by atoms with Crippen molar-refractivity contribution in [1.29, 1.82) is 0 Å². The van der Waals surface area contributed by atoms with E-state index in [1.807, 2.05) is 12.1 Å². The van der Waals surface area contributed by atoms with Crippen LogP contribution in [-0.2, 0) is 6.54 Å². The lowest BCUT2D eigenvalue weighted by Crippen LogP contribution is -2.06. The van der Waals surface area contributed by atoms with Crippen LogP contribution < -0.4 is 15.8 Å². The van der Waals surface area contributed by atoms with Crippen LogP contribution in [0.2, 0.25) is 0 Å². The fourth-order valence-corrected chi connectivity index (χ4v) is 1.40. The average molecular weight is 231 g/mol. The number of nitrogen functional groups attached to an aromatic ring is 1. The van der Waals surface area contributed by atoms with E-state index in [0.717, 1.165) is 5.56 Å². The zero-order chi connectivity index (χ0) is 12.1. The van der Waals surface area contributed by atoms with Crippen LogP contribution in [0.1, 0.15) is 5.56 Å². The molecular formula is C11H13N5O. The summed E-state index contributed by atoms with van der Waals surface area (Å²) in [4.78, 5) is 12.0. The zero-order valence-electron chi connectivity index (χ0n) is 9.42. The fourth-order valence-electron chi connectivity index (χ4n) is 1.40. The van der Waals surface area contributed by atoms with Gasteiger partial charge in [-0.2, -0.15) is 0 Å². The van der Waals surface area contributed by atoms with Crippen LogP contribution in [0.4, 0.5) is 11.6 Å². The number of hydrogen-bond donors (Lipinski definition) is 2. The van der Waals surface area contributed by atoms with Crippen molar-refractivity contribution < 1.29 is 4.74 Å². The van der Waals surface area contributed by atoms with E-state index in [4.69, 9.17) is 10.5 Å². The third-order valence-corrected chi connectivity index (χ3v) is 2.22. The van der Waals surface area contributed by atoms with Gasteiger partial charge < -0.3 is 15.8 Å². The van der Waals surface area contributed by atoms with Crippen LogP contribution in [0.15, 0.2) is 30.9 Å². The molecule has 2 aromatic heterocycles. The Balaban J connectivity index is 2.12. The first-order valence-electron chi connectivity index (χ1n) is 5.08. The molecule has 0 amide bonds. The van der Waals surface area contributed by atoms with Gasteiger partial charge in [0.15, 0.2) is 11.6 Å². The van der Waals surface area contributed by atoms with E-state index in [0.29, 0.717) is 23.9 Å². The number of nitrogens with two attached hydrogens (primary N) is 1. The van der Waals surface area contributed by atoms with Crippen LogP contribution in [0.25, 0.3) is 0 Å². The summed E-state index contributed by atoms with van der Waals surface area (Å²) >= 11 is 0. The quantitative estimate of drug-likeness (QED) is 0.818. The first-order valence-corrected chi connectivity index (χ1v) is 5.08. The molecule has 0 radical (unpaired) electrons. The third-order valence-electron chi connectivity index (χ3n) is 2.22. The van der Waals surface area contributed by atoms with Gasteiger partial charge in [-0.25, -0.2) is 9.97 Å². The molecule has 0 atom stereocenters. The van der Waals surface area contributed by atoms with Gasteiger partial charge in [0, 0.05) is 18.9 Å². The maximum Gasteiger partial charge on any atom is 0.203 e. The molecule has 2 heterocycles. The minimum Gasteiger partial charge on any atom is -0.490 e. The van der Waals surface area contributed by atoms with Gasteiger partial charge in [-0.3, -0.25) is 4.98 Å². The Morgan fingerprint density at radius 1 is 1.41 bits per heavy atom. The highest BCUT2D eigenvalue weighted by Crippen LogP contribution is 2.26. The smallest absolute Gasteiger partial charge is 0.203 e. The highest BCUT2D eigenvalue weighted by molar-refractivity contribution is 5.61. The van der Waals surface area contributed by atoms with Crippen LogP contribution in [0, 0.1) is 0 Å². The Morgan fingerprint density at radius 2 is 2.29 bits per heavy atom. The van der Waals surface area contributed by atoms with Crippen LogP contribution >= 0.6 is 0 Å². The largest absolute Gasteiger partial charge is 0.490 e. The molecule has 0 aliphatic carbocycles. The molecule has 6 nitrogen and oxygen atoms in total. The summed E-state index contributed by atoms with van der Waals surface area (Å²) in [6.45, 7) is 0.598. The highest BCUT2D eigenvalue weighted by Gasteiger charge is 2.08. The van der Waals surface area contributed by atoms with E-state index in [9.17, 15) is 0 Å². The molecule has 0 saturated heterocycles. The predicted octanol–water partition coefficient (Wildman–Crippen LogP) is 1.07. The van der Waals surface area contributed by atoms with Gasteiger partial charge >= 0.3 is 0 Å². The van der Waals surface area contributed by atoms with Crippen molar-refractivity contribution in [2.24, 2.45) is 0 Å². The second kappa shape index (κ2) is 5.11. The van der Waals surface area contributed by atoms with Crippen molar-refractivity contribution in [3.05, 3.63) is 36.4 Å². The van der Waals surface area contributed by atoms with Crippen molar-refractivity contribution in [1.82, 2.24) is 15.0 Å². The summed E-state index contributed by atoms with van der Waals surface area (Å²) < 4.78 is 5.14. The SMILES string of the molecule is COc1c(N)ncnc1NCc1cccnc1. The van der Waals surface area contributed by atoms with Gasteiger partial charge in [-0.1, -0.05) is 6.07 Å². The Hall–Kier alpha value is -2.37. The molecule has 0 unspecified atom stereocenters. The second-order valence-electron chi connectivity index (χ2n) is 3.36. The standard InChI is InChI=1S/C11H13N5O/c1-17-9-10(12)15-7-16-11(9)14-6-8-3-2-4-13-5-8/h2-5,7H,6H2,1H3,(H3,12,14,15,16). The van der Waals surface area contributed by atoms with Gasteiger partial charge in [0.25, 0.3) is 0 Å². The Morgan fingerprint density at radius 3 is 3.00 bits per heavy atom. The van der Waals surface area contributed by atoms with Crippen LogP contribution in [-0.4, -0.2) is 22.1 Å². The molecular weight excluding hydrogens is 218 g/mol. The summed E-state index contributed by atoms with van der Waals surface area (Å²) in [5.74, 6) is 1.34. The van der Waals surface area contributed by atoms with Gasteiger partial charge in [-0.05, 0) is 11.6 Å². The van der Waals surface area contributed by atoms with Crippen molar-refractivity contribution in [2.75, 3.05) is 18.2 Å². The summed E-state index contributed by atoms with van der Waals surface area (Å²) in [7, 11) is 1.53. The highest BCUT2D eigenvalue weighted by atomic mass is 16.5. The summed E-state index contributed by atoms with van der Waals surface area (Å²) in [6.07, 6.45) is 4.90. The Labute approximate surface area is 98.9 Å². The molecule has 0 spiro atoms. The first-order chi connectivity index (χ1) is 8.31. The predicted molar refractivity (Wildman–Crippen MR) is 64.6 cm³/mol. The van der Waals surface area contributed by atoms with Gasteiger partial charge in [0.1, 0.15) is 6.33 Å². The lowest BCUT2D eigenvalue weighted by Gasteiger charge is -2.10. The topological polar surface area (TPSA) is 86.0 Å². The lowest BCUT2D eigenvalue weighted by molar-refractivity contribution is 0.415. The van der Waals surface area contributed by atoms with Crippen molar-refractivity contribution in [3.63, 3.8) is 0 Å². The van der Waals surface area contributed by atoms with Crippen LogP contribution in [0.3, 0.4) is 0 Å². The van der Waals surface area contributed by atoms with Gasteiger partial charge in [-0.15, -0.1) is 0 Å². The molecule has 2 aromatic rings. The molecule has 17 heavy (non-hydrogen) atoms. The van der Waals surface area contributed by atoms with E-state index in [1.165, 1.54) is 13.4 Å². The molecule has 0 aliphatic heterocycles. The molecule has 88 valence electrons. The molecule has 0 aliphatic rings. The minimum absolute atomic E-state index is 0.316. The Kier molecular flexibility index (Phi) is 3.34. The third kappa shape index (κ3) is 2.60. The number of methoxy groups -OCH3 is 1. The van der Waals surface area contributed by atoms with Gasteiger partial charge in [0.05, 0.1) is 7.11 Å². The summed E-state index contributed by atoms with van der Waals surface area (Å²) in [5.41, 5.74) is 6.72. The number of ether oxygens (including phenoxy) is 1. The van der Waals surface area contributed by atoms with Crippen molar-refractivity contribution in [3.8, 4) is 5.75 Å². The molecule has 0 aromatic carbocycles. The first kappa shape index (κ1) is 11.1. The molecule has 0 bridgehead atoms. The second-order valence-corrected chi connectivity index (χ2v) is 3.36. The molecule has 3 N–H and O–H groups in total. The van der Waals surface area contributed by atoms with Gasteiger partial charge in [0.2, 0.25) is 5.75 Å². The van der Waals surface area contributed by atoms with Crippen LogP contribution in [0.5, 0.6) is 5.75 Å². The number of nitrogens with zero attached hydrogens (tertiary/aromatic N) is 3. The number of anilines is 2. The number of nitrogens with one attached hydrogen (secondary N) is 1. The lowest BCUT2D eigenvalue weighted by atomic mass is 10.3. The van der Waals surface area contributed by atoms with E-state index in [2.05, 4.69) is 20.3 Å². The number of hydrogen-bond acceptors (Lipinski definition) is 6. The van der Waals surface area contributed by atoms with E-state index >= 15 is 0 Å². The Bertz CT molecular complexity index is 488. The number of pyridine rings is 1. The molecule has 2 rings (SSSR count). The number of rotatable bonds is 4. The maximum atomic E-state index is 5.67. The number of aromatic nitrogens is 3. The summed E-state index contributed by atoms with van der Waals surface area (Å²) in [6, 6.07) is 3.85. The average Bonchev–Trinajstić information content (AvgIpc) is 2.37. The normalized spacial score (nSPS) is 9.94.